The molecule has 4 nitrogen and oxygen atoms in total. The zero-order chi connectivity index (χ0) is 13.2. The highest BCUT2D eigenvalue weighted by Gasteiger charge is 2.36. The van der Waals surface area contributed by atoms with Crippen LogP contribution in [0.2, 0.25) is 0 Å². The van der Waals surface area contributed by atoms with Gasteiger partial charge >= 0.3 is 0 Å². The fraction of sp³-hybridized carbons (Fsp3) is 1.00. The first kappa shape index (κ1) is 15.9. The van der Waals surface area contributed by atoms with Crippen molar-refractivity contribution in [2.24, 2.45) is 11.1 Å². The van der Waals surface area contributed by atoms with E-state index in [1.165, 1.54) is 4.31 Å². The molecule has 5 heteroatoms. The molecule has 0 fully saturated rings. The van der Waals surface area contributed by atoms with E-state index < -0.39 is 15.6 Å². The van der Waals surface area contributed by atoms with Gasteiger partial charge in [0.1, 0.15) is 0 Å². The van der Waals surface area contributed by atoms with Crippen LogP contribution >= 0.6 is 0 Å². The fourth-order valence-electron chi connectivity index (χ4n) is 1.48. The molecule has 0 amide bonds. The van der Waals surface area contributed by atoms with Crippen molar-refractivity contribution in [1.82, 2.24) is 4.31 Å². The zero-order valence-electron chi connectivity index (χ0n) is 11.4. The first-order chi connectivity index (χ1) is 6.98. The van der Waals surface area contributed by atoms with Crippen LogP contribution in [-0.2, 0) is 10.0 Å². The summed E-state index contributed by atoms with van der Waals surface area (Å²) in [5.41, 5.74) is 4.95. The van der Waals surface area contributed by atoms with Crippen molar-refractivity contribution >= 4 is 10.0 Å². The van der Waals surface area contributed by atoms with E-state index in [0.29, 0.717) is 13.0 Å². The lowest BCUT2D eigenvalue weighted by atomic mass is 10.00. The highest BCUT2D eigenvalue weighted by molar-refractivity contribution is 7.89. The number of hydrogen-bond acceptors (Lipinski definition) is 3. The number of nitrogens with zero attached hydrogens (tertiary/aromatic N) is 1. The predicted molar refractivity (Wildman–Crippen MR) is 68.8 cm³/mol. The molecular weight excluding hydrogens is 224 g/mol. The Morgan fingerprint density at radius 2 is 1.62 bits per heavy atom. The lowest BCUT2D eigenvalue weighted by Crippen LogP contribution is -2.53. The highest BCUT2D eigenvalue weighted by atomic mass is 32.2. The molecule has 1 unspecified atom stereocenters. The van der Waals surface area contributed by atoms with Crippen molar-refractivity contribution in [3.05, 3.63) is 0 Å². The normalized spacial score (nSPS) is 17.5. The second-order valence-corrected chi connectivity index (χ2v) is 7.84. The molecule has 0 aromatic rings. The molecule has 0 saturated carbocycles. The summed E-state index contributed by atoms with van der Waals surface area (Å²) < 4.78 is 25.8. The van der Waals surface area contributed by atoms with Gasteiger partial charge in [-0.2, -0.15) is 4.31 Å². The first-order valence-corrected chi connectivity index (χ1v) is 7.26. The molecular formula is C11H26N2O2S. The Morgan fingerprint density at radius 1 is 1.19 bits per heavy atom. The Labute approximate surface area is 100 Å². The van der Waals surface area contributed by atoms with E-state index in [1.54, 1.807) is 7.05 Å². The van der Waals surface area contributed by atoms with Gasteiger partial charge in [0.25, 0.3) is 0 Å². The Kier molecular flexibility index (Phi) is 4.98. The van der Waals surface area contributed by atoms with Gasteiger partial charge < -0.3 is 5.73 Å². The molecule has 0 saturated heterocycles. The zero-order valence-corrected chi connectivity index (χ0v) is 12.2. The van der Waals surface area contributed by atoms with Crippen LogP contribution in [-0.4, -0.2) is 37.6 Å². The van der Waals surface area contributed by atoms with Crippen molar-refractivity contribution < 1.29 is 8.42 Å². The summed E-state index contributed by atoms with van der Waals surface area (Å²) >= 11 is 0. The third-order valence-electron chi connectivity index (χ3n) is 2.99. The van der Waals surface area contributed by atoms with Gasteiger partial charge in [-0.1, -0.05) is 27.7 Å². The number of likely N-dealkylation sites (N-methyl/N-ethyl adjacent to an activating group) is 1. The van der Waals surface area contributed by atoms with Crippen LogP contribution < -0.4 is 5.73 Å². The lowest BCUT2D eigenvalue weighted by molar-refractivity contribution is 0.237. The summed E-state index contributed by atoms with van der Waals surface area (Å²) in [6, 6.07) is 0. The SMILES string of the molecule is CCC(C)(CN)N(C)S(=O)(=O)CC(C)(C)C. The van der Waals surface area contributed by atoms with Gasteiger partial charge in [-0.05, 0) is 18.8 Å². The maximum absolute atomic E-state index is 12.2. The summed E-state index contributed by atoms with van der Waals surface area (Å²) in [7, 11) is -1.62. The molecule has 16 heavy (non-hydrogen) atoms. The summed E-state index contributed by atoms with van der Waals surface area (Å²) in [6.45, 7) is 9.94. The molecule has 0 rings (SSSR count). The van der Waals surface area contributed by atoms with Crippen LogP contribution in [0.3, 0.4) is 0 Å². The van der Waals surface area contributed by atoms with Crippen molar-refractivity contribution in [3.63, 3.8) is 0 Å². The molecule has 98 valence electrons. The second-order valence-electron chi connectivity index (χ2n) is 5.84. The molecule has 2 N–H and O–H groups in total. The van der Waals surface area contributed by atoms with E-state index in [2.05, 4.69) is 0 Å². The summed E-state index contributed by atoms with van der Waals surface area (Å²) in [6.07, 6.45) is 0.712. The Morgan fingerprint density at radius 3 is 1.88 bits per heavy atom. The van der Waals surface area contributed by atoms with Crippen molar-refractivity contribution in [2.45, 2.75) is 46.6 Å². The molecule has 0 aromatic heterocycles. The lowest BCUT2D eigenvalue weighted by Gasteiger charge is -2.37. The van der Waals surface area contributed by atoms with E-state index in [0.717, 1.165) is 0 Å². The van der Waals surface area contributed by atoms with Gasteiger partial charge in [-0.3, -0.25) is 0 Å². The molecule has 0 aliphatic carbocycles. The third kappa shape index (κ3) is 4.03. The maximum atomic E-state index is 12.2. The minimum absolute atomic E-state index is 0.145. The van der Waals surface area contributed by atoms with E-state index in [1.807, 2.05) is 34.6 Å². The number of nitrogens with two attached hydrogens (primary N) is 1. The topological polar surface area (TPSA) is 63.4 Å². The van der Waals surface area contributed by atoms with Crippen LogP contribution in [0.4, 0.5) is 0 Å². The number of hydrogen-bond donors (Lipinski definition) is 1. The van der Waals surface area contributed by atoms with Crippen LogP contribution in [0, 0.1) is 5.41 Å². The van der Waals surface area contributed by atoms with Gasteiger partial charge in [0, 0.05) is 19.1 Å². The maximum Gasteiger partial charge on any atom is 0.214 e. The van der Waals surface area contributed by atoms with Crippen LogP contribution in [0.25, 0.3) is 0 Å². The Balaban J connectivity index is 5.04. The molecule has 1 atom stereocenters. The number of rotatable bonds is 5. The van der Waals surface area contributed by atoms with Crippen molar-refractivity contribution in [2.75, 3.05) is 19.3 Å². The standard InChI is InChI=1S/C11H26N2O2S/c1-7-11(5,8-12)13(6)16(14,15)9-10(2,3)4/h7-9,12H2,1-6H3. The molecule has 0 aliphatic heterocycles. The van der Waals surface area contributed by atoms with Gasteiger partial charge in [0.05, 0.1) is 5.75 Å². The first-order valence-electron chi connectivity index (χ1n) is 5.65. The molecule has 0 bridgehead atoms. The average Bonchev–Trinajstić information content (AvgIpc) is 2.11. The van der Waals surface area contributed by atoms with Gasteiger partial charge in [0.15, 0.2) is 0 Å². The molecule has 0 spiro atoms. The van der Waals surface area contributed by atoms with E-state index >= 15 is 0 Å². The summed E-state index contributed by atoms with van der Waals surface area (Å²) in [5, 5.41) is 0. The minimum atomic E-state index is -3.25. The average molecular weight is 250 g/mol. The third-order valence-corrected chi connectivity index (χ3v) is 5.50. The monoisotopic (exact) mass is 250 g/mol. The van der Waals surface area contributed by atoms with Crippen molar-refractivity contribution in [3.8, 4) is 0 Å². The smallest absolute Gasteiger partial charge is 0.214 e. The largest absolute Gasteiger partial charge is 0.329 e. The van der Waals surface area contributed by atoms with Gasteiger partial charge in [-0.25, -0.2) is 8.42 Å². The van der Waals surface area contributed by atoms with Crippen LogP contribution in [0.5, 0.6) is 0 Å². The Bertz CT molecular complexity index is 313. The van der Waals surface area contributed by atoms with E-state index in [4.69, 9.17) is 5.73 Å². The van der Waals surface area contributed by atoms with Gasteiger partial charge in [0.2, 0.25) is 10.0 Å². The molecule has 0 aromatic carbocycles. The van der Waals surface area contributed by atoms with Crippen LogP contribution in [0.15, 0.2) is 0 Å². The fourth-order valence-corrected chi connectivity index (χ4v) is 3.64. The Hall–Kier alpha value is -0.130. The number of sulfonamides is 1. The predicted octanol–water partition coefficient (Wildman–Crippen LogP) is 1.42. The van der Waals surface area contributed by atoms with E-state index in [-0.39, 0.29) is 11.2 Å². The summed E-state index contributed by atoms with van der Waals surface area (Å²) in [5.74, 6) is 0.145. The van der Waals surface area contributed by atoms with Crippen LogP contribution in [0.1, 0.15) is 41.0 Å². The van der Waals surface area contributed by atoms with E-state index in [9.17, 15) is 8.42 Å². The minimum Gasteiger partial charge on any atom is -0.329 e. The molecule has 0 aliphatic rings. The molecule has 0 heterocycles. The summed E-state index contributed by atoms with van der Waals surface area (Å²) in [4.78, 5) is 0. The van der Waals surface area contributed by atoms with Gasteiger partial charge in [-0.15, -0.1) is 0 Å². The highest BCUT2D eigenvalue weighted by Crippen LogP contribution is 2.24. The quantitative estimate of drug-likeness (QED) is 0.802. The van der Waals surface area contributed by atoms with Crippen molar-refractivity contribution in [1.29, 1.82) is 0 Å². The molecule has 0 radical (unpaired) electrons. The second kappa shape index (κ2) is 5.02.